The number of nitrogens with one attached hydrogen (secondary N) is 1. The van der Waals surface area contributed by atoms with Gasteiger partial charge in [-0.3, -0.25) is 9.36 Å². The van der Waals surface area contributed by atoms with E-state index >= 15 is 0 Å². The van der Waals surface area contributed by atoms with Crippen LogP contribution in [0.5, 0.6) is 0 Å². The van der Waals surface area contributed by atoms with Gasteiger partial charge in [-0.15, -0.1) is 0 Å². The second-order valence-corrected chi connectivity index (χ2v) is 11.4. The number of allylic oxidation sites excluding steroid dienone is 1. The van der Waals surface area contributed by atoms with E-state index in [-0.39, 0.29) is 16.0 Å². The molecule has 0 amide bonds. The summed E-state index contributed by atoms with van der Waals surface area (Å²) < 4.78 is 2.13. The molecule has 2 aromatic rings. The number of likely N-dealkylation sites (tertiary alicyclic amines) is 1. The number of benzene rings is 1. The fraction of sp³-hybridized carbons (Fsp3) is 0.517. The first-order valence-electron chi connectivity index (χ1n) is 13.0. The fourth-order valence-electron chi connectivity index (χ4n) is 6.29. The maximum Gasteiger partial charge on any atom is 0.282 e. The van der Waals surface area contributed by atoms with Crippen molar-refractivity contribution in [3.05, 3.63) is 69.4 Å². The molecule has 1 N–H and O–H groups in total. The molecule has 0 aliphatic carbocycles. The molecule has 4 heterocycles. The maximum atomic E-state index is 12.9. The number of aromatic nitrogens is 2. The van der Waals surface area contributed by atoms with Crippen LogP contribution >= 0.6 is 11.6 Å². The van der Waals surface area contributed by atoms with Gasteiger partial charge in [0.05, 0.1) is 22.4 Å². The van der Waals surface area contributed by atoms with Crippen LogP contribution < -0.4 is 10.9 Å². The van der Waals surface area contributed by atoms with Crippen LogP contribution in [0.4, 0.5) is 0 Å². The zero-order chi connectivity index (χ0) is 24.7. The zero-order valence-corrected chi connectivity index (χ0v) is 22.0. The third-order valence-electron chi connectivity index (χ3n) is 8.26. The number of piperidine rings is 2. The van der Waals surface area contributed by atoms with Crippen molar-refractivity contribution in [3.8, 4) is 5.69 Å². The molecule has 5 rings (SSSR count). The molecular weight excluding hydrogens is 456 g/mol. The minimum atomic E-state index is -0.367. The van der Waals surface area contributed by atoms with E-state index in [2.05, 4.69) is 58.4 Å². The van der Waals surface area contributed by atoms with Crippen molar-refractivity contribution < 1.29 is 0 Å². The summed E-state index contributed by atoms with van der Waals surface area (Å²) in [5.74, 6) is 2.16. The van der Waals surface area contributed by atoms with Gasteiger partial charge in [0.2, 0.25) is 0 Å². The molecule has 2 fully saturated rings. The Labute approximate surface area is 213 Å². The Morgan fingerprint density at radius 1 is 1.23 bits per heavy atom. The fourth-order valence-corrected chi connectivity index (χ4v) is 6.46. The summed E-state index contributed by atoms with van der Waals surface area (Å²) in [7, 11) is 0. The van der Waals surface area contributed by atoms with Gasteiger partial charge in [-0.2, -0.15) is 4.98 Å². The first-order chi connectivity index (χ1) is 16.8. The Morgan fingerprint density at radius 3 is 2.60 bits per heavy atom. The van der Waals surface area contributed by atoms with Crippen LogP contribution in [0.25, 0.3) is 16.8 Å². The summed E-state index contributed by atoms with van der Waals surface area (Å²) in [6.45, 7) is 16.0. The number of nitrogens with zero attached hydrogens (tertiary/aromatic N) is 3. The van der Waals surface area contributed by atoms with Crippen LogP contribution in [0, 0.1) is 5.92 Å². The summed E-state index contributed by atoms with van der Waals surface area (Å²) in [6, 6.07) is 6.88. The molecule has 0 atom stereocenters. The summed E-state index contributed by atoms with van der Waals surface area (Å²) >= 11 is 6.30. The minimum absolute atomic E-state index is 0.231. The Kier molecular flexibility index (Phi) is 6.77. The van der Waals surface area contributed by atoms with E-state index < -0.39 is 0 Å². The van der Waals surface area contributed by atoms with Crippen molar-refractivity contribution in [2.24, 2.45) is 5.92 Å². The van der Waals surface area contributed by atoms with Gasteiger partial charge in [-0.25, -0.2) is 0 Å². The van der Waals surface area contributed by atoms with Crippen molar-refractivity contribution in [2.45, 2.75) is 57.8 Å². The quantitative estimate of drug-likeness (QED) is 0.615. The molecule has 0 saturated carbocycles. The van der Waals surface area contributed by atoms with Crippen LogP contribution in [0.3, 0.4) is 0 Å². The number of halogens is 1. The summed E-state index contributed by atoms with van der Waals surface area (Å²) in [4.78, 5) is 20.1. The highest BCUT2D eigenvalue weighted by atomic mass is 35.5. The number of hydrogen-bond acceptors (Lipinski definition) is 4. The van der Waals surface area contributed by atoms with Gasteiger partial charge in [-0.05, 0) is 108 Å². The molecule has 0 bridgehead atoms. The lowest BCUT2D eigenvalue weighted by molar-refractivity contribution is 0.167. The number of fused-ring (bicyclic) bond motifs is 3. The van der Waals surface area contributed by atoms with Crippen molar-refractivity contribution in [3.63, 3.8) is 0 Å². The minimum Gasteiger partial charge on any atom is -0.317 e. The number of rotatable bonds is 5. The highest BCUT2D eigenvalue weighted by Crippen LogP contribution is 2.44. The smallest absolute Gasteiger partial charge is 0.282 e. The Bertz CT molecular complexity index is 1210. The third-order valence-corrected chi connectivity index (χ3v) is 8.44. The predicted molar refractivity (Wildman–Crippen MR) is 146 cm³/mol. The van der Waals surface area contributed by atoms with E-state index in [1.54, 1.807) is 0 Å². The molecule has 3 aliphatic heterocycles. The molecule has 0 spiro atoms. The molecule has 0 unspecified atom stereocenters. The van der Waals surface area contributed by atoms with Gasteiger partial charge in [0, 0.05) is 11.6 Å². The van der Waals surface area contributed by atoms with Crippen LogP contribution in [-0.2, 0) is 5.41 Å². The van der Waals surface area contributed by atoms with E-state index in [0.717, 1.165) is 23.1 Å². The van der Waals surface area contributed by atoms with Gasteiger partial charge < -0.3 is 10.2 Å². The average Bonchev–Trinajstić information content (AvgIpc) is 3.06. The molecule has 35 heavy (non-hydrogen) atoms. The molecule has 6 heteroatoms. The molecule has 0 radical (unpaired) electrons. The summed E-state index contributed by atoms with van der Waals surface area (Å²) in [5.41, 5.74) is 4.15. The Balaban J connectivity index is 1.46. The van der Waals surface area contributed by atoms with Crippen molar-refractivity contribution >= 4 is 22.7 Å². The second kappa shape index (κ2) is 9.68. The molecule has 186 valence electrons. The largest absolute Gasteiger partial charge is 0.317 e. The normalized spacial score (nSPS) is 20.8. The molecule has 1 aromatic carbocycles. The highest BCUT2D eigenvalue weighted by Gasteiger charge is 2.40. The van der Waals surface area contributed by atoms with Gasteiger partial charge in [-0.1, -0.05) is 36.4 Å². The van der Waals surface area contributed by atoms with E-state index in [1.165, 1.54) is 69.5 Å². The Morgan fingerprint density at radius 2 is 1.94 bits per heavy atom. The molecule has 2 saturated heterocycles. The highest BCUT2D eigenvalue weighted by molar-refractivity contribution is 6.48. The van der Waals surface area contributed by atoms with Gasteiger partial charge in [0.25, 0.3) is 5.56 Å². The predicted octanol–water partition coefficient (Wildman–Crippen LogP) is 5.29. The maximum absolute atomic E-state index is 12.9. The monoisotopic (exact) mass is 492 g/mol. The standard InChI is InChI=1S/C29H37ClN4O/c1-5-6-24-26(19(2)30)27(35)32-28-29(3,4)23-8-7-22(17-25(23)34(24)28)21-11-15-33(16-12-21)18-20-9-13-31-14-10-20/h5-8,17,20-21,31H,2,9-16,18H2,1,3-4H3/b6-5-. The average molecular weight is 493 g/mol. The molecule has 1 aromatic heterocycles. The van der Waals surface area contributed by atoms with Crippen LogP contribution in [0.15, 0.2) is 35.6 Å². The van der Waals surface area contributed by atoms with Crippen molar-refractivity contribution in [2.75, 3.05) is 32.7 Å². The van der Waals surface area contributed by atoms with Gasteiger partial charge in [0.15, 0.2) is 0 Å². The lowest BCUT2D eigenvalue weighted by Crippen LogP contribution is -2.39. The molecule has 5 nitrogen and oxygen atoms in total. The van der Waals surface area contributed by atoms with Crippen LogP contribution in [0.1, 0.15) is 80.6 Å². The third kappa shape index (κ3) is 4.43. The summed E-state index contributed by atoms with van der Waals surface area (Å²) in [5, 5.41) is 3.71. The lowest BCUT2D eigenvalue weighted by atomic mass is 9.83. The molecule has 3 aliphatic rings. The van der Waals surface area contributed by atoms with E-state index in [9.17, 15) is 4.79 Å². The molecular formula is C29H37ClN4O. The SMILES string of the molecule is C=C(Cl)c1c(/C=C\C)n2c(nc1=O)C(C)(C)c1ccc(C3CCN(CC4CCNCC4)CC3)cc1-2. The first kappa shape index (κ1) is 24.5. The van der Waals surface area contributed by atoms with E-state index in [0.29, 0.717) is 11.5 Å². The van der Waals surface area contributed by atoms with E-state index in [1.807, 2.05) is 19.1 Å². The van der Waals surface area contributed by atoms with Gasteiger partial charge >= 0.3 is 0 Å². The zero-order valence-electron chi connectivity index (χ0n) is 21.2. The van der Waals surface area contributed by atoms with E-state index in [4.69, 9.17) is 11.6 Å². The van der Waals surface area contributed by atoms with Crippen molar-refractivity contribution in [1.29, 1.82) is 0 Å². The van der Waals surface area contributed by atoms with Crippen LogP contribution in [0.2, 0.25) is 0 Å². The van der Waals surface area contributed by atoms with Crippen LogP contribution in [-0.4, -0.2) is 47.2 Å². The topological polar surface area (TPSA) is 50.2 Å². The first-order valence-corrected chi connectivity index (χ1v) is 13.4. The second-order valence-electron chi connectivity index (χ2n) is 10.9. The lowest BCUT2D eigenvalue weighted by Gasteiger charge is -2.35. The van der Waals surface area contributed by atoms with Gasteiger partial charge in [0.1, 0.15) is 5.82 Å². The number of hydrogen-bond donors (Lipinski definition) is 1. The summed E-state index contributed by atoms with van der Waals surface area (Å²) in [6.07, 6.45) is 8.88. The van der Waals surface area contributed by atoms with Crippen molar-refractivity contribution in [1.82, 2.24) is 19.8 Å². The Hall–Kier alpha value is -2.21.